The Morgan fingerprint density at radius 3 is 1.75 bits per heavy atom. The Morgan fingerprint density at radius 1 is 0.833 bits per heavy atom. The van der Waals surface area contributed by atoms with Crippen LogP contribution in [0.5, 0.6) is 0 Å². The van der Waals surface area contributed by atoms with Gasteiger partial charge in [0, 0.05) is 0 Å². The van der Waals surface area contributed by atoms with E-state index in [1.54, 1.807) is 6.08 Å². The van der Waals surface area contributed by atoms with Crippen LogP contribution < -0.4 is 0 Å². The molecule has 0 spiro atoms. The lowest BCUT2D eigenvalue weighted by Gasteiger charge is -2.11. The number of aliphatic hydroxyl groups excluding tert-OH is 3. The molecule has 0 bridgehead atoms. The van der Waals surface area contributed by atoms with Crippen molar-refractivity contribution in [1.82, 2.24) is 0 Å². The summed E-state index contributed by atoms with van der Waals surface area (Å²) in [5.41, 5.74) is 0. The van der Waals surface area contributed by atoms with Crippen molar-refractivity contribution < 1.29 is 20.1 Å². The average Bonchev–Trinajstić information content (AvgIpc) is 2.60. The summed E-state index contributed by atoms with van der Waals surface area (Å²) in [7, 11) is 0. The van der Waals surface area contributed by atoms with Gasteiger partial charge in [-0.25, -0.2) is 0 Å². The summed E-state index contributed by atoms with van der Waals surface area (Å²) >= 11 is 0. The van der Waals surface area contributed by atoms with Crippen LogP contribution in [0.2, 0.25) is 0 Å². The highest BCUT2D eigenvalue weighted by Gasteiger charge is 2.20. The van der Waals surface area contributed by atoms with Crippen LogP contribution in [-0.4, -0.2) is 39.9 Å². The average molecular weight is 343 g/mol. The molecule has 142 valence electrons. The minimum absolute atomic E-state index is 0.546. The maximum Gasteiger partial charge on any atom is 0.186 e. The van der Waals surface area contributed by atoms with Gasteiger partial charge in [-0.1, -0.05) is 83.6 Å². The molecule has 0 heterocycles. The second kappa shape index (κ2) is 17.1. The van der Waals surface area contributed by atoms with Gasteiger partial charge in [0.2, 0.25) is 0 Å². The van der Waals surface area contributed by atoms with Crippen LogP contribution in [0.4, 0.5) is 0 Å². The summed E-state index contributed by atoms with van der Waals surface area (Å²) < 4.78 is 0. The molecule has 0 aromatic rings. The maximum absolute atomic E-state index is 11.5. The van der Waals surface area contributed by atoms with E-state index in [9.17, 15) is 9.90 Å². The molecule has 0 aliphatic heterocycles. The van der Waals surface area contributed by atoms with E-state index in [4.69, 9.17) is 10.2 Å². The minimum atomic E-state index is -1.52. The second-order valence-corrected chi connectivity index (χ2v) is 6.68. The predicted molar refractivity (Wildman–Crippen MR) is 98.9 cm³/mol. The van der Waals surface area contributed by atoms with Crippen LogP contribution in [0.1, 0.15) is 90.4 Å². The van der Waals surface area contributed by atoms with Gasteiger partial charge in [0.15, 0.2) is 5.78 Å². The molecule has 2 atom stereocenters. The van der Waals surface area contributed by atoms with E-state index in [1.165, 1.54) is 70.3 Å². The molecule has 24 heavy (non-hydrogen) atoms. The lowest BCUT2D eigenvalue weighted by Crippen LogP contribution is -2.35. The highest BCUT2D eigenvalue weighted by molar-refractivity contribution is 5.93. The van der Waals surface area contributed by atoms with Gasteiger partial charge < -0.3 is 15.3 Å². The van der Waals surface area contributed by atoms with E-state index in [1.807, 2.05) is 0 Å². The van der Waals surface area contributed by atoms with Crippen molar-refractivity contribution in [3.05, 3.63) is 12.2 Å². The van der Waals surface area contributed by atoms with Crippen LogP contribution in [0.3, 0.4) is 0 Å². The molecule has 4 nitrogen and oxygen atoms in total. The number of hydrogen-bond acceptors (Lipinski definition) is 4. The van der Waals surface area contributed by atoms with Crippen LogP contribution in [0, 0.1) is 0 Å². The number of hydrogen-bond donors (Lipinski definition) is 3. The number of aliphatic hydroxyl groups is 3. The van der Waals surface area contributed by atoms with Gasteiger partial charge in [0.05, 0.1) is 6.61 Å². The molecule has 0 aromatic carbocycles. The van der Waals surface area contributed by atoms with Gasteiger partial charge in [-0.05, 0) is 18.9 Å². The molecule has 0 aliphatic rings. The standard InChI is InChI=1S/C20H38O4/c1-2-3-4-5-6-7-8-9-10-11-12-13-14-15-16-18(22)20(24)19(23)17-21/h15-16,19-21,23-24H,2-14,17H2,1H3/b16-15+. The minimum Gasteiger partial charge on any atom is -0.394 e. The van der Waals surface area contributed by atoms with E-state index >= 15 is 0 Å². The number of carbonyl (C=O) groups is 1. The molecule has 0 amide bonds. The third-order valence-corrected chi connectivity index (χ3v) is 4.35. The van der Waals surface area contributed by atoms with Crippen LogP contribution in [0.25, 0.3) is 0 Å². The third-order valence-electron chi connectivity index (χ3n) is 4.35. The van der Waals surface area contributed by atoms with Crippen molar-refractivity contribution >= 4 is 5.78 Å². The molecule has 0 saturated heterocycles. The lowest BCUT2D eigenvalue weighted by molar-refractivity contribution is -0.129. The number of carbonyl (C=O) groups excluding carboxylic acids is 1. The monoisotopic (exact) mass is 342 g/mol. The SMILES string of the molecule is CCCCCCCCCCCCCC/C=C/C(=O)C(O)C(O)CO. The summed E-state index contributed by atoms with van der Waals surface area (Å²) in [5, 5.41) is 27.2. The highest BCUT2D eigenvalue weighted by atomic mass is 16.4. The number of allylic oxidation sites excluding steroid dienone is 1. The van der Waals surface area contributed by atoms with E-state index in [2.05, 4.69) is 6.92 Å². The van der Waals surface area contributed by atoms with E-state index in [0.717, 1.165) is 19.3 Å². The van der Waals surface area contributed by atoms with Gasteiger partial charge >= 0.3 is 0 Å². The smallest absolute Gasteiger partial charge is 0.186 e. The van der Waals surface area contributed by atoms with Crippen LogP contribution in [-0.2, 0) is 4.79 Å². The predicted octanol–water partition coefficient (Wildman–Crippen LogP) is 3.92. The van der Waals surface area contributed by atoms with Crippen molar-refractivity contribution in [2.75, 3.05) is 6.61 Å². The quantitative estimate of drug-likeness (QED) is 0.276. The molecule has 0 fully saturated rings. The first-order chi connectivity index (χ1) is 11.6. The zero-order chi connectivity index (χ0) is 18.0. The molecule has 0 aromatic heterocycles. The van der Waals surface area contributed by atoms with Crippen molar-refractivity contribution in [3.63, 3.8) is 0 Å². The van der Waals surface area contributed by atoms with Gasteiger partial charge in [-0.2, -0.15) is 0 Å². The second-order valence-electron chi connectivity index (χ2n) is 6.68. The molecule has 2 unspecified atom stereocenters. The van der Waals surface area contributed by atoms with Crippen molar-refractivity contribution in [3.8, 4) is 0 Å². The van der Waals surface area contributed by atoms with Gasteiger partial charge in [-0.15, -0.1) is 0 Å². The van der Waals surface area contributed by atoms with E-state index in [0.29, 0.717) is 0 Å². The van der Waals surface area contributed by atoms with Crippen molar-refractivity contribution in [2.45, 2.75) is 103 Å². The topological polar surface area (TPSA) is 77.8 Å². The number of ketones is 1. The third kappa shape index (κ3) is 13.7. The van der Waals surface area contributed by atoms with E-state index < -0.39 is 24.6 Å². The molecule has 3 N–H and O–H groups in total. The first-order valence-corrected chi connectivity index (χ1v) is 9.80. The van der Waals surface area contributed by atoms with Crippen LogP contribution >= 0.6 is 0 Å². The van der Waals surface area contributed by atoms with Gasteiger partial charge in [0.1, 0.15) is 12.2 Å². The zero-order valence-corrected chi connectivity index (χ0v) is 15.5. The fourth-order valence-electron chi connectivity index (χ4n) is 2.69. The molecular weight excluding hydrogens is 304 g/mol. The molecule has 0 saturated carbocycles. The Bertz CT molecular complexity index is 315. The summed E-state index contributed by atoms with van der Waals surface area (Å²) in [6.45, 7) is 1.64. The molecular formula is C20H38O4. The van der Waals surface area contributed by atoms with E-state index in [-0.39, 0.29) is 0 Å². The molecule has 0 rings (SSSR count). The summed E-state index contributed by atoms with van der Waals surface area (Å²) in [4.78, 5) is 11.5. The van der Waals surface area contributed by atoms with Crippen LogP contribution in [0.15, 0.2) is 12.2 Å². The Hall–Kier alpha value is -0.710. The Kier molecular flexibility index (Phi) is 16.6. The molecule has 0 radical (unpaired) electrons. The van der Waals surface area contributed by atoms with Gasteiger partial charge in [0.25, 0.3) is 0 Å². The Balaban J connectivity index is 3.36. The summed E-state index contributed by atoms with van der Waals surface area (Å²) in [6.07, 6.45) is 16.6. The molecule has 4 heteroatoms. The van der Waals surface area contributed by atoms with Crippen molar-refractivity contribution in [1.29, 1.82) is 0 Å². The molecule has 0 aliphatic carbocycles. The van der Waals surface area contributed by atoms with Crippen molar-refractivity contribution in [2.24, 2.45) is 0 Å². The number of unbranched alkanes of at least 4 members (excludes halogenated alkanes) is 12. The highest BCUT2D eigenvalue weighted by Crippen LogP contribution is 2.12. The maximum atomic E-state index is 11.5. The fourth-order valence-corrected chi connectivity index (χ4v) is 2.69. The number of rotatable bonds is 17. The first kappa shape index (κ1) is 23.3. The first-order valence-electron chi connectivity index (χ1n) is 9.80. The Labute approximate surface area is 148 Å². The largest absolute Gasteiger partial charge is 0.394 e. The zero-order valence-electron chi connectivity index (χ0n) is 15.5. The normalized spacial score (nSPS) is 14.2. The lowest BCUT2D eigenvalue weighted by atomic mass is 10.0. The Morgan fingerprint density at radius 2 is 1.29 bits per heavy atom. The summed E-state index contributed by atoms with van der Waals surface area (Å²) in [6, 6.07) is 0. The fraction of sp³-hybridized carbons (Fsp3) is 0.850. The van der Waals surface area contributed by atoms with Gasteiger partial charge in [-0.3, -0.25) is 4.79 Å². The summed E-state index contributed by atoms with van der Waals surface area (Å²) in [5.74, 6) is -0.546.